The van der Waals surface area contributed by atoms with E-state index in [1.807, 2.05) is 0 Å². The maximum atomic E-state index is 13.1. The predicted octanol–water partition coefficient (Wildman–Crippen LogP) is 7.60. The maximum absolute atomic E-state index is 13.1. The van der Waals surface area contributed by atoms with Crippen LogP contribution in [-0.4, -0.2) is 150 Å². The summed E-state index contributed by atoms with van der Waals surface area (Å²) in [5, 5.41) is 68.5. The van der Waals surface area contributed by atoms with Crippen LogP contribution in [0.1, 0.15) is 189 Å². The van der Waals surface area contributed by atoms with Crippen molar-refractivity contribution in [3.8, 4) is 0 Å². The van der Waals surface area contributed by atoms with Crippen LogP contribution in [0, 0.1) is 46.3 Å². The zero-order chi connectivity index (χ0) is 53.4. The fraction of sp³-hybridized carbons (Fsp3) is 0.931. The quantitative estimate of drug-likeness (QED) is 0.0256. The molecule has 2 heterocycles. The molecule has 0 unspecified atom stereocenters. The van der Waals surface area contributed by atoms with Crippen LogP contribution >= 0.6 is 0 Å². The van der Waals surface area contributed by atoms with E-state index in [0.717, 1.165) is 74.0 Å². The molecule has 6 rings (SSSR count). The molecule has 3 saturated carbocycles. The van der Waals surface area contributed by atoms with Gasteiger partial charge >= 0.3 is 6.09 Å². The van der Waals surface area contributed by atoms with E-state index in [4.69, 9.17) is 28.4 Å². The molecule has 0 aromatic rings. The van der Waals surface area contributed by atoms with Crippen LogP contribution in [0.25, 0.3) is 0 Å². The number of aliphatic hydroxyl groups excluding tert-OH is 6. The van der Waals surface area contributed by atoms with E-state index in [-0.39, 0.29) is 11.5 Å². The minimum absolute atomic E-state index is 0.207. The fourth-order valence-electron chi connectivity index (χ4n) is 14.5. The average Bonchev–Trinajstić information content (AvgIpc) is 3.74. The number of alkyl carbamates (subject to hydrolysis) is 1. The highest BCUT2D eigenvalue weighted by Gasteiger charge is 2.59. The number of hydrogen-bond donors (Lipinski definition) is 8. The lowest BCUT2D eigenvalue weighted by Gasteiger charge is -2.58. The molecule has 16 heteroatoms. The molecule has 5 fully saturated rings. The Hall–Kier alpha value is -1.96. The molecule has 18 atom stereocenters. The SMILES string of the molecule is CCCCCCCCCCCCNC(=O)O[C@H]1[C@@H](OCC(=O)NCCCCO[C@H]2CC[C@@]3(C)C(=CC[C@H]4[C@@H]5CC[C@H]([C@H](C)CCCC(C)C)[C@@]5(C)CC[C@@H]43)C2)O[C@H](CO)[C@@H](O[C@@H]2O[C@H](CO)[C@@H](O)[C@H](O)[C@H]2O)[C@@H]1O. The summed E-state index contributed by atoms with van der Waals surface area (Å²) in [5.41, 5.74) is 2.38. The Morgan fingerprint density at radius 3 is 2.08 bits per heavy atom. The van der Waals surface area contributed by atoms with Crippen LogP contribution in [0.2, 0.25) is 0 Å². The van der Waals surface area contributed by atoms with E-state index >= 15 is 0 Å². The van der Waals surface area contributed by atoms with Gasteiger partial charge in [0, 0.05) is 19.7 Å². The van der Waals surface area contributed by atoms with Crippen LogP contribution in [0.4, 0.5) is 4.79 Å². The molecule has 428 valence electrons. The van der Waals surface area contributed by atoms with Gasteiger partial charge in [0.25, 0.3) is 0 Å². The first-order valence-electron chi connectivity index (χ1n) is 29.6. The summed E-state index contributed by atoms with van der Waals surface area (Å²) in [5.74, 6) is 4.43. The van der Waals surface area contributed by atoms with Crippen LogP contribution in [0.5, 0.6) is 0 Å². The normalized spacial score (nSPS) is 37.4. The van der Waals surface area contributed by atoms with Gasteiger partial charge in [0.1, 0.15) is 49.3 Å². The van der Waals surface area contributed by atoms with Gasteiger partial charge in [-0.3, -0.25) is 4.79 Å². The first-order chi connectivity index (χ1) is 35.6. The number of carbonyl (C=O) groups excluding carboxylic acids is 2. The smallest absolute Gasteiger partial charge is 0.407 e. The molecule has 8 N–H and O–H groups in total. The molecular weight excluding hydrogens is 949 g/mol. The molecule has 74 heavy (non-hydrogen) atoms. The number of ether oxygens (including phenoxy) is 6. The molecule has 4 aliphatic carbocycles. The van der Waals surface area contributed by atoms with Gasteiger partial charge in [-0.1, -0.05) is 130 Å². The summed E-state index contributed by atoms with van der Waals surface area (Å²) >= 11 is 0. The Morgan fingerprint density at radius 2 is 1.38 bits per heavy atom. The van der Waals surface area contributed by atoms with Crippen LogP contribution in [0.15, 0.2) is 11.6 Å². The van der Waals surface area contributed by atoms with Gasteiger partial charge in [-0.15, -0.1) is 0 Å². The van der Waals surface area contributed by atoms with Gasteiger partial charge in [-0.2, -0.15) is 0 Å². The largest absolute Gasteiger partial charge is 0.438 e. The Balaban J connectivity index is 0.932. The standard InChI is InChI=1S/C58H102N2O14/c1-7-8-9-10-11-12-13-14-15-16-31-60-56(68)74-53-51(67)52(73-54-50(66)49(65)48(64)45(34-61)71-54)46(35-62)72-55(53)70-36-47(63)59-30-17-18-32-69-40-26-28-57(5)39(33-40)22-23-41-43-25-24-42(38(4)21-19-20-37(2)3)58(43,6)29-27-44(41)57/h22,37-38,40-46,48-55,61-62,64-67H,7-21,23-36H2,1-6H3,(H,59,63)(H,60,68)/t38-,40+,41+,42-,43+,44+,45-,46-,48-,49+,50-,51+,52-,53-,54+,55+,57+,58-/m1/s1. The number of amides is 2. The van der Waals surface area contributed by atoms with Crippen molar-refractivity contribution in [1.29, 1.82) is 0 Å². The van der Waals surface area contributed by atoms with Crippen molar-refractivity contribution in [1.82, 2.24) is 10.6 Å². The molecule has 16 nitrogen and oxygen atoms in total. The summed E-state index contributed by atoms with van der Waals surface area (Å²) in [6.45, 7) is 14.0. The van der Waals surface area contributed by atoms with Gasteiger partial charge in [0.15, 0.2) is 18.7 Å². The number of unbranched alkanes of at least 4 members (excludes halogenated alkanes) is 10. The van der Waals surface area contributed by atoms with Crippen molar-refractivity contribution in [3.63, 3.8) is 0 Å². The third-order valence-corrected chi connectivity index (χ3v) is 18.9. The molecule has 2 amide bonds. The van der Waals surface area contributed by atoms with Gasteiger partial charge in [0.05, 0.1) is 19.3 Å². The van der Waals surface area contributed by atoms with Gasteiger partial charge in [0.2, 0.25) is 5.91 Å². The zero-order valence-electron chi connectivity index (χ0n) is 46.3. The van der Waals surface area contributed by atoms with Crippen molar-refractivity contribution in [2.75, 3.05) is 39.5 Å². The molecule has 0 radical (unpaired) electrons. The highest BCUT2D eigenvalue weighted by Crippen LogP contribution is 2.67. The molecule has 2 aliphatic heterocycles. The summed E-state index contributed by atoms with van der Waals surface area (Å²) in [6.07, 6.45) is 12.9. The van der Waals surface area contributed by atoms with Gasteiger partial charge < -0.3 is 69.7 Å². The highest BCUT2D eigenvalue weighted by atomic mass is 16.7. The second kappa shape index (κ2) is 29.9. The van der Waals surface area contributed by atoms with Crippen molar-refractivity contribution in [2.24, 2.45) is 46.3 Å². The Morgan fingerprint density at radius 1 is 0.703 bits per heavy atom. The summed E-state index contributed by atoms with van der Waals surface area (Å²) < 4.78 is 35.2. The molecule has 6 aliphatic rings. The number of nitrogens with one attached hydrogen (secondary N) is 2. The summed E-state index contributed by atoms with van der Waals surface area (Å²) in [6, 6.07) is 0. The molecule has 0 aromatic carbocycles. The third kappa shape index (κ3) is 15.9. The Bertz CT molecular complexity index is 1700. The zero-order valence-corrected chi connectivity index (χ0v) is 46.3. The predicted molar refractivity (Wildman–Crippen MR) is 281 cm³/mol. The Labute approximate surface area is 444 Å². The molecule has 0 bridgehead atoms. The molecule has 2 saturated heterocycles. The van der Waals surface area contributed by atoms with E-state index in [9.17, 15) is 40.2 Å². The van der Waals surface area contributed by atoms with Crippen LogP contribution in [-0.2, 0) is 33.2 Å². The van der Waals surface area contributed by atoms with Crippen molar-refractivity contribution in [2.45, 2.75) is 257 Å². The summed E-state index contributed by atoms with van der Waals surface area (Å²) in [7, 11) is 0. The van der Waals surface area contributed by atoms with Gasteiger partial charge in [-0.05, 0) is 117 Å². The summed E-state index contributed by atoms with van der Waals surface area (Å²) in [4.78, 5) is 26.2. The number of carbonyl (C=O) groups is 2. The molecule has 0 aromatic heterocycles. The van der Waals surface area contributed by atoms with Gasteiger partial charge in [-0.25, -0.2) is 4.79 Å². The van der Waals surface area contributed by atoms with Crippen molar-refractivity contribution in [3.05, 3.63) is 11.6 Å². The topological polar surface area (TPSA) is 235 Å². The molecule has 0 spiro atoms. The average molecular weight is 1050 g/mol. The minimum atomic E-state index is -1.81. The number of rotatable bonds is 30. The van der Waals surface area contributed by atoms with Crippen LogP contribution < -0.4 is 10.6 Å². The minimum Gasteiger partial charge on any atom is -0.438 e. The maximum Gasteiger partial charge on any atom is 0.407 e. The second-order valence-electron chi connectivity index (χ2n) is 24.4. The second-order valence-corrected chi connectivity index (χ2v) is 24.4. The lowest BCUT2D eigenvalue weighted by atomic mass is 9.47. The lowest BCUT2D eigenvalue weighted by molar-refractivity contribution is -0.358. The number of aliphatic hydroxyl groups is 6. The lowest BCUT2D eigenvalue weighted by Crippen LogP contribution is -2.65. The number of fused-ring (bicyclic) bond motifs is 5. The fourth-order valence-corrected chi connectivity index (χ4v) is 14.5. The van der Waals surface area contributed by atoms with Crippen molar-refractivity contribution < 1.29 is 68.6 Å². The first-order valence-corrected chi connectivity index (χ1v) is 29.6. The molecular formula is C58H102N2O14. The monoisotopic (exact) mass is 1050 g/mol. The highest BCUT2D eigenvalue weighted by molar-refractivity contribution is 5.77. The van der Waals surface area contributed by atoms with Crippen molar-refractivity contribution >= 4 is 12.0 Å². The van der Waals surface area contributed by atoms with E-state index in [0.29, 0.717) is 38.0 Å². The Kier molecular flexibility index (Phi) is 24.7. The number of hydrogen-bond acceptors (Lipinski definition) is 14. The number of allylic oxidation sites excluding steroid dienone is 1. The van der Waals surface area contributed by atoms with E-state index in [1.54, 1.807) is 5.57 Å². The van der Waals surface area contributed by atoms with E-state index in [1.165, 1.54) is 96.3 Å². The third-order valence-electron chi connectivity index (χ3n) is 18.9. The first kappa shape index (κ1) is 61.3. The van der Waals surface area contributed by atoms with E-state index in [2.05, 4.69) is 58.3 Å². The van der Waals surface area contributed by atoms with Crippen LogP contribution in [0.3, 0.4) is 0 Å². The van der Waals surface area contributed by atoms with E-state index < -0.39 is 93.2 Å².